The van der Waals surface area contributed by atoms with Gasteiger partial charge in [-0.2, -0.15) is 5.10 Å². The van der Waals surface area contributed by atoms with Crippen LogP contribution in [0.1, 0.15) is 60.7 Å². The summed E-state index contributed by atoms with van der Waals surface area (Å²) >= 11 is 0. The fourth-order valence-electron chi connectivity index (χ4n) is 4.26. The summed E-state index contributed by atoms with van der Waals surface area (Å²) in [6, 6.07) is 9.06. The molecule has 2 aliphatic rings. The Balaban J connectivity index is 1.45. The number of aryl methyl sites for hydroxylation is 1. The average Bonchev–Trinajstić information content (AvgIpc) is 3.52. The minimum atomic E-state index is -0.416. The fraction of sp³-hybridized carbons (Fsp3) is 0.458. The van der Waals surface area contributed by atoms with Crippen molar-refractivity contribution in [3.63, 3.8) is 0 Å². The van der Waals surface area contributed by atoms with Crippen molar-refractivity contribution in [3.8, 4) is 5.75 Å². The van der Waals surface area contributed by atoms with E-state index in [4.69, 9.17) is 9.84 Å². The number of carbonyl (C=O) groups excluding carboxylic acids is 1. The minimum absolute atomic E-state index is 0.148. The molecule has 0 atom stereocenters. The van der Waals surface area contributed by atoms with Gasteiger partial charge in [-0.1, -0.05) is 0 Å². The zero-order valence-corrected chi connectivity index (χ0v) is 18.2. The van der Waals surface area contributed by atoms with Crippen LogP contribution >= 0.6 is 0 Å². The van der Waals surface area contributed by atoms with E-state index >= 15 is 0 Å². The summed E-state index contributed by atoms with van der Waals surface area (Å²) in [4.78, 5) is 12.9. The molecule has 32 heavy (non-hydrogen) atoms. The smallest absolute Gasteiger partial charge is 0.325 e. The van der Waals surface area contributed by atoms with Crippen molar-refractivity contribution in [1.29, 1.82) is 0 Å². The highest BCUT2D eigenvalue weighted by molar-refractivity contribution is 6.04. The molecule has 2 aromatic heterocycles. The van der Waals surface area contributed by atoms with E-state index in [-0.39, 0.29) is 17.8 Å². The third kappa shape index (κ3) is 4.27. The number of hydrogen-bond donors (Lipinski definition) is 3. The van der Waals surface area contributed by atoms with Gasteiger partial charge in [0, 0.05) is 41.4 Å². The first-order chi connectivity index (χ1) is 15.5. The van der Waals surface area contributed by atoms with Crippen LogP contribution in [0.4, 0.5) is 5.69 Å². The Morgan fingerprint density at radius 1 is 1.22 bits per heavy atom. The van der Waals surface area contributed by atoms with Crippen LogP contribution in [-0.4, -0.2) is 38.7 Å². The van der Waals surface area contributed by atoms with Crippen molar-refractivity contribution in [1.82, 2.24) is 9.78 Å². The summed E-state index contributed by atoms with van der Waals surface area (Å²) in [5.41, 5.74) is 2.09. The molecule has 0 aliphatic heterocycles. The number of rotatable bonds is 6. The van der Waals surface area contributed by atoms with E-state index in [1.165, 1.54) is 12.8 Å². The van der Waals surface area contributed by atoms with Crippen molar-refractivity contribution in [2.45, 2.75) is 57.6 Å². The average molecular weight is 438 g/mol. The molecule has 3 aromatic rings. The van der Waals surface area contributed by atoms with Gasteiger partial charge in [0.05, 0.1) is 30.0 Å². The number of ether oxygens (including phenoxy) is 1. The summed E-state index contributed by atoms with van der Waals surface area (Å²) in [6.07, 6.45) is 7.49. The lowest BCUT2D eigenvalue weighted by Crippen LogP contribution is -2.42. The van der Waals surface area contributed by atoms with Crippen LogP contribution in [0.5, 0.6) is 5.75 Å². The third-order valence-corrected chi connectivity index (χ3v) is 6.47. The first kappa shape index (κ1) is 20.8. The van der Waals surface area contributed by atoms with Gasteiger partial charge >= 0.3 is 11.6 Å². The monoisotopic (exact) mass is 437 g/mol. The van der Waals surface area contributed by atoms with Crippen LogP contribution in [0, 0.1) is 12.8 Å². The van der Waals surface area contributed by atoms with Gasteiger partial charge in [0.15, 0.2) is 0 Å². The molecule has 0 bridgehead atoms. The number of amides is 1. The van der Waals surface area contributed by atoms with Gasteiger partial charge in [-0.15, -0.1) is 0 Å². The van der Waals surface area contributed by atoms with Gasteiger partial charge in [0.2, 0.25) is 5.69 Å². The first-order valence-electron chi connectivity index (χ1n) is 11.3. The number of aliphatic hydroxyl groups excluding tert-OH is 1. The first-order valence-corrected chi connectivity index (χ1v) is 11.3. The minimum Gasteiger partial charge on any atom is -0.491 e. The summed E-state index contributed by atoms with van der Waals surface area (Å²) in [5.74, 6) is 0.733. The zero-order chi connectivity index (χ0) is 22.2. The number of hydrogen-bond acceptors (Lipinski definition) is 5. The maximum Gasteiger partial charge on any atom is 0.325 e. The molecule has 1 aromatic carbocycles. The number of aliphatic hydroxyl groups is 1. The molecule has 0 spiro atoms. The van der Waals surface area contributed by atoms with Crippen molar-refractivity contribution < 1.29 is 24.6 Å². The van der Waals surface area contributed by atoms with Crippen LogP contribution < -0.4 is 14.8 Å². The Hall–Kier alpha value is -3.13. The van der Waals surface area contributed by atoms with Crippen molar-refractivity contribution >= 4 is 22.5 Å². The molecule has 2 heterocycles. The molecule has 1 amide bonds. The lowest BCUT2D eigenvalue weighted by Gasteiger charge is -2.25. The highest BCUT2D eigenvalue weighted by atomic mass is 16.5. The Morgan fingerprint density at radius 2 is 2.00 bits per heavy atom. The van der Waals surface area contributed by atoms with E-state index in [0.717, 1.165) is 41.3 Å². The van der Waals surface area contributed by atoms with E-state index in [1.807, 2.05) is 23.0 Å². The molecule has 3 N–H and O–H groups in total. The van der Waals surface area contributed by atoms with E-state index in [2.05, 4.69) is 5.32 Å². The Kier molecular flexibility index (Phi) is 5.46. The maximum absolute atomic E-state index is 12.9. The molecule has 0 saturated heterocycles. The number of anilines is 1. The van der Waals surface area contributed by atoms with Gasteiger partial charge in [0.25, 0.3) is 0 Å². The van der Waals surface area contributed by atoms with Crippen LogP contribution in [0.3, 0.4) is 0 Å². The second kappa shape index (κ2) is 8.43. The predicted molar refractivity (Wildman–Crippen MR) is 118 cm³/mol. The maximum atomic E-state index is 12.9. The van der Waals surface area contributed by atoms with E-state index in [1.54, 1.807) is 25.1 Å². The summed E-state index contributed by atoms with van der Waals surface area (Å²) in [5, 5.41) is 28.6. The van der Waals surface area contributed by atoms with Crippen LogP contribution in [0.2, 0.25) is 0 Å². The highest BCUT2D eigenvalue weighted by Crippen LogP contribution is 2.35. The quantitative estimate of drug-likeness (QED) is 0.405. The second-order valence-electron chi connectivity index (χ2n) is 9.05. The van der Waals surface area contributed by atoms with Crippen LogP contribution in [0.15, 0.2) is 36.5 Å². The van der Waals surface area contributed by atoms with E-state index in [0.29, 0.717) is 29.7 Å². The molecule has 5 rings (SSSR count). The molecular formula is C24H29N4O4+. The lowest BCUT2D eigenvalue weighted by atomic mass is 9.93. The van der Waals surface area contributed by atoms with E-state index in [9.17, 15) is 15.1 Å². The van der Waals surface area contributed by atoms with Gasteiger partial charge in [-0.25, -0.2) is 0 Å². The number of benzene rings is 1. The zero-order valence-electron chi connectivity index (χ0n) is 18.2. The summed E-state index contributed by atoms with van der Waals surface area (Å²) < 4.78 is 8.93. The Bertz CT molecular complexity index is 1150. The van der Waals surface area contributed by atoms with Gasteiger partial charge in [-0.05, 0) is 56.6 Å². The summed E-state index contributed by atoms with van der Waals surface area (Å²) in [6.45, 7) is 2.34. The molecule has 2 fully saturated rings. The van der Waals surface area contributed by atoms with Gasteiger partial charge in [0.1, 0.15) is 5.75 Å². The number of pyridine rings is 1. The topological polar surface area (TPSA) is 100 Å². The number of fused-ring (bicyclic) bond motifs is 1. The lowest BCUT2D eigenvalue weighted by molar-refractivity contribution is -0.909. The number of nitrogens with zero attached hydrogens (tertiary/aromatic N) is 3. The molecule has 2 aliphatic carbocycles. The standard InChI is InChI=1S/C24H28N4O4/c1-15-3-2-4-22(28(15)31)24(30)25-21-11-17-13-27(18-7-9-19(29)10-8-18)26-20(17)12-23(21)32-14-16-5-6-16/h2-4,11-13,16,18-19,29H,5-10,14H2,1H3,(H-,25,30,31)/p+1. The van der Waals surface area contributed by atoms with Crippen molar-refractivity contribution in [2.24, 2.45) is 5.92 Å². The number of nitrogens with one attached hydrogen (secondary N) is 1. The van der Waals surface area contributed by atoms with Crippen LogP contribution in [-0.2, 0) is 0 Å². The predicted octanol–water partition coefficient (Wildman–Crippen LogP) is 3.39. The largest absolute Gasteiger partial charge is 0.491 e. The molecule has 0 radical (unpaired) electrons. The molecule has 8 heteroatoms. The van der Waals surface area contributed by atoms with Crippen molar-refractivity contribution in [2.75, 3.05) is 11.9 Å². The normalized spacial score (nSPS) is 20.9. The molecule has 168 valence electrons. The summed E-state index contributed by atoms with van der Waals surface area (Å²) in [7, 11) is 0. The highest BCUT2D eigenvalue weighted by Gasteiger charge is 2.26. The Morgan fingerprint density at radius 3 is 2.75 bits per heavy atom. The van der Waals surface area contributed by atoms with Gasteiger partial charge in [-0.3, -0.25) is 14.7 Å². The second-order valence-corrected chi connectivity index (χ2v) is 9.05. The Labute approximate surface area is 186 Å². The number of carbonyl (C=O) groups is 1. The molecule has 2 saturated carbocycles. The van der Waals surface area contributed by atoms with Crippen LogP contribution in [0.25, 0.3) is 10.9 Å². The SMILES string of the molecule is Cc1cccc(C(=O)Nc2cc3cn(C4CCC(O)CC4)nc3cc2OCC2CC2)[n+]1O. The fourth-order valence-corrected chi connectivity index (χ4v) is 4.26. The van der Waals surface area contributed by atoms with Crippen molar-refractivity contribution in [3.05, 3.63) is 47.9 Å². The third-order valence-electron chi connectivity index (χ3n) is 6.47. The molecule has 0 unspecified atom stereocenters. The number of aromatic nitrogens is 3. The molecule has 8 nitrogen and oxygen atoms in total. The molecular weight excluding hydrogens is 408 g/mol. The van der Waals surface area contributed by atoms with E-state index < -0.39 is 5.91 Å². The van der Waals surface area contributed by atoms with Gasteiger partial charge < -0.3 is 15.2 Å².